The molecule has 1 unspecified atom stereocenters. The quantitative estimate of drug-likeness (QED) is 0.600. The standard InChI is InChI=1S/C21H21BrN4O3/c1-11(2)29-19-14(22)8-12(9-18(19)28-3)20-23-6-5-16(26-20)17-10-13-15(25-17)4-7-24-21(13)27/h4-9,11,17,25H,10H2,1-3H3,(H,24,27). The Morgan fingerprint density at radius 3 is 2.83 bits per heavy atom. The molecule has 0 saturated carbocycles. The van der Waals surface area contributed by atoms with E-state index in [1.807, 2.05) is 38.1 Å². The summed E-state index contributed by atoms with van der Waals surface area (Å²) in [6.45, 7) is 3.92. The van der Waals surface area contributed by atoms with E-state index in [4.69, 9.17) is 14.5 Å². The molecule has 0 saturated heterocycles. The van der Waals surface area contributed by atoms with Crippen molar-refractivity contribution in [3.63, 3.8) is 0 Å². The van der Waals surface area contributed by atoms with Crippen molar-refractivity contribution in [3.05, 3.63) is 62.7 Å². The minimum atomic E-state index is -0.0795. The Morgan fingerprint density at radius 2 is 2.10 bits per heavy atom. The predicted molar refractivity (Wildman–Crippen MR) is 115 cm³/mol. The van der Waals surface area contributed by atoms with Crippen LogP contribution in [0.15, 0.2) is 45.9 Å². The number of hydrogen-bond acceptors (Lipinski definition) is 6. The van der Waals surface area contributed by atoms with Gasteiger partial charge in [0.25, 0.3) is 5.56 Å². The summed E-state index contributed by atoms with van der Waals surface area (Å²) in [5.41, 5.74) is 3.15. The number of benzene rings is 1. The van der Waals surface area contributed by atoms with E-state index in [-0.39, 0.29) is 17.7 Å². The normalized spacial score (nSPS) is 15.1. The molecule has 1 aliphatic rings. The number of hydrogen-bond donors (Lipinski definition) is 2. The Kier molecular flexibility index (Phi) is 5.27. The van der Waals surface area contributed by atoms with Crippen LogP contribution in [0.2, 0.25) is 0 Å². The molecule has 0 aliphatic carbocycles. The number of nitrogens with zero attached hydrogens (tertiary/aromatic N) is 2. The molecule has 3 heterocycles. The number of rotatable bonds is 5. The average molecular weight is 457 g/mol. The maximum atomic E-state index is 12.0. The zero-order valence-electron chi connectivity index (χ0n) is 16.3. The van der Waals surface area contributed by atoms with Crippen LogP contribution in [-0.2, 0) is 6.42 Å². The minimum Gasteiger partial charge on any atom is -0.493 e. The first-order valence-electron chi connectivity index (χ1n) is 9.31. The van der Waals surface area contributed by atoms with Crippen LogP contribution in [-0.4, -0.2) is 28.2 Å². The molecule has 0 bridgehead atoms. The van der Waals surface area contributed by atoms with Crippen molar-refractivity contribution < 1.29 is 9.47 Å². The van der Waals surface area contributed by atoms with Gasteiger partial charge in [-0.25, -0.2) is 9.97 Å². The maximum Gasteiger partial charge on any atom is 0.253 e. The van der Waals surface area contributed by atoms with Crippen LogP contribution < -0.4 is 20.3 Å². The number of methoxy groups -OCH3 is 1. The first-order valence-corrected chi connectivity index (χ1v) is 10.1. The van der Waals surface area contributed by atoms with Crippen molar-refractivity contribution in [1.82, 2.24) is 15.0 Å². The molecule has 0 amide bonds. The summed E-state index contributed by atoms with van der Waals surface area (Å²) in [5.74, 6) is 1.83. The molecule has 2 aromatic heterocycles. The lowest BCUT2D eigenvalue weighted by Crippen LogP contribution is -2.11. The first-order chi connectivity index (χ1) is 14.0. The number of aromatic amines is 1. The van der Waals surface area contributed by atoms with Gasteiger partial charge in [0.2, 0.25) is 0 Å². The van der Waals surface area contributed by atoms with Crippen LogP contribution in [0.5, 0.6) is 11.5 Å². The molecule has 29 heavy (non-hydrogen) atoms. The summed E-state index contributed by atoms with van der Waals surface area (Å²) in [7, 11) is 1.60. The summed E-state index contributed by atoms with van der Waals surface area (Å²) in [4.78, 5) is 23.9. The molecule has 1 aliphatic heterocycles. The lowest BCUT2D eigenvalue weighted by atomic mass is 10.1. The molecule has 0 fully saturated rings. The first kappa shape index (κ1) is 19.4. The Bertz CT molecular complexity index is 1110. The van der Waals surface area contributed by atoms with Gasteiger partial charge in [0, 0.05) is 35.6 Å². The molecular formula is C21H21BrN4O3. The third kappa shape index (κ3) is 3.85. The molecule has 4 rings (SSSR count). The smallest absolute Gasteiger partial charge is 0.253 e. The van der Waals surface area contributed by atoms with E-state index in [2.05, 4.69) is 31.2 Å². The lowest BCUT2D eigenvalue weighted by Gasteiger charge is -2.17. The van der Waals surface area contributed by atoms with E-state index in [1.54, 1.807) is 19.5 Å². The predicted octanol–water partition coefficient (Wildman–Crippen LogP) is 4.10. The highest BCUT2D eigenvalue weighted by molar-refractivity contribution is 9.10. The fraction of sp³-hybridized carbons (Fsp3) is 0.286. The van der Waals surface area contributed by atoms with Crippen molar-refractivity contribution in [3.8, 4) is 22.9 Å². The number of halogens is 1. The van der Waals surface area contributed by atoms with Gasteiger partial charge in [-0.1, -0.05) is 0 Å². The number of pyridine rings is 1. The zero-order chi connectivity index (χ0) is 20.5. The highest BCUT2D eigenvalue weighted by Gasteiger charge is 2.26. The molecular weight excluding hydrogens is 436 g/mol. The van der Waals surface area contributed by atoms with Crippen LogP contribution in [0.1, 0.15) is 31.1 Å². The minimum absolute atomic E-state index is 0.0175. The fourth-order valence-corrected chi connectivity index (χ4v) is 3.91. The second kappa shape index (κ2) is 7.87. The third-order valence-electron chi connectivity index (χ3n) is 4.68. The molecule has 7 nitrogen and oxygen atoms in total. The van der Waals surface area contributed by atoms with Gasteiger partial charge < -0.3 is 19.8 Å². The van der Waals surface area contributed by atoms with E-state index >= 15 is 0 Å². The molecule has 0 radical (unpaired) electrons. The van der Waals surface area contributed by atoms with Gasteiger partial charge in [-0.05, 0) is 54.0 Å². The van der Waals surface area contributed by atoms with Gasteiger partial charge >= 0.3 is 0 Å². The van der Waals surface area contributed by atoms with E-state index in [0.29, 0.717) is 23.7 Å². The molecule has 2 N–H and O–H groups in total. The van der Waals surface area contributed by atoms with Crippen molar-refractivity contribution in [2.24, 2.45) is 0 Å². The number of anilines is 1. The van der Waals surface area contributed by atoms with E-state index in [0.717, 1.165) is 27.0 Å². The summed E-state index contributed by atoms with van der Waals surface area (Å²) < 4.78 is 12.1. The van der Waals surface area contributed by atoms with Gasteiger partial charge in [0.15, 0.2) is 17.3 Å². The second-order valence-electron chi connectivity index (χ2n) is 7.06. The molecule has 1 atom stereocenters. The number of fused-ring (bicyclic) bond motifs is 1. The van der Waals surface area contributed by atoms with Crippen molar-refractivity contribution in [1.29, 1.82) is 0 Å². The second-order valence-corrected chi connectivity index (χ2v) is 7.92. The molecule has 0 spiro atoms. The van der Waals surface area contributed by atoms with E-state index in [9.17, 15) is 4.79 Å². The summed E-state index contributed by atoms with van der Waals surface area (Å²) in [6, 6.07) is 7.44. The van der Waals surface area contributed by atoms with Crippen LogP contribution in [0.3, 0.4) is 0 Å². The van der Waals surface area contributed by atoms with Gasteiger partial charge in [0.1, 0.15) is 0 Å². The Balaban J connectivity index is 1.67. The summed E-state index contributed by atoms with van der Waals surface area (Å²) in [6.07, 6.45) is 3.97. The Hall–Kier alpha value is -2.87. The van der Waals surface area contributed by atoms with Gasteiger partial charge in [-0.2, -0.15) is 0 Å². The fourth-order valence-electron chi connectivity index (χ4n) is 3.37. The largest absolute Gasteiger partial charge is 0.493 e. The molecule has 1 aromatic carbocycles. The van der Waals surface area contributed by atoms with Gasteiger partial charge in [-0.3, -0.25) is 4.79 Å². The highest BCUT2D eigenvalue weighted by Crippen LogP contribution is 2.40. The Morgan fingerprint density at radius 1 is 1.28 bits per heavy atom. The number of nitrogens with one attached hydrogen (secondary N) is 2. The summed E-state index contributed by atoms with van der Waals surface area (Å²) >= 11 is 3.57. The van der Waals surface area contributed by atoms with Gasteiger partial charge in [0.05, 0.1) is 29.4 Å². The van der Waals surface area contributed by atoms with Crippen molar-refractivity contribution in [2.75, 3.05) is 12.4 Å². The lowest BCUT2D eigenvalue weighted by molar-refractivity contribution is 0.228. The topological polar surface area (TPSA) is 89.1 Å². The summed E-state index contributed by atoms with van der Waals surface area (Å²) in [5, 5.41) is 3.37. The third-order valence-corrected chi connectivity index (χ3v) is 5.27. The van der Waals surface area contributed by atoms with Crippen molar-refractivity contribution in [2.45, 2.75) is 32.4 Å². The van der Waals surface area contributed by atoms with Crippen molar-refractivity contribution >= 4 is 21.6 Å². The molecule has 3 aromatic rings. The maximum absolute atomic E-state index is 12.0. The van der Waals surface area contributed by atoms with E-state index in [1.165, 1.54) is 0 Å². The Labute approximate surface area is 176 Å². The zero-order valence-corrected chi connectivity index (χ0v) is 17.9. The molecule has 8 heteroatoms. The van der Waals surface area contributed by atoms with Gasteiger partial charge in [-0.15, -0.1) is 0 Å². The molecule has 150 valence electrons. The number of H-pyrrole nitrogens is 1. The number of ether oxygens (including phenoxy) is 2. The van der Waals surface area contributed by atoms with Crippen LogP contribution >= 0.6 is 15.9 Å². The average Bonchev–Trinajstić information content (AvgIpc) is 3.15. The van der Waals surface area contributed by atoms with E-state index < -0.39 is 0 Å². The SMILES string of the molecule is COc1cc(-c2nccc(C3Cc4c(cc[nH]c4=O)N3)n2)cc(Br)c1OC(C)C. The monoisotopic (exact) mass is 456 g/mol. The van der Waals surface area contributed by atoms with Crippen LogP contribution in [0, 0.1) is 0 Å². The van der Waals surface area contributed by atoms with Crippen LogP contribution in [0.4, 0.5) is 5.69 Å². The number of aromatic nitrogens is 3. The van der Waals surface area contributed by atoms with Crippen LogP contribution in [0.25, 0.3) is 11.4 Å². The highest BCUT2D eigenvalue weighted by atomic mass is 79.9.